The molecule has 0 bridgehead atoms. The lowest BCUT2D eigenvalue weighted by molar-refractivity contribution is 0.361. The molecule has 0 spiro atoms. The van der Waals surface area contributed by atoms with Gasteiger partial charge in [-0.3, -0.25) is 0 Å². The molecule has 2 N–H and O–H groups in total. The summed E-state index contributed by atoms with van der Waals surface area (Å²) < 4.78 is 38.6. The first-order valence-corrected chi connectivity index (χ1v) is 7.65. The van der Waals surface area contributed by atoms with Crippen molar-refractivity contribution in [3.8, 4) is 0 Å². The highest BCUT2D eigenvalue weighted by Gasteiger charge is 2.19. The molecule has 0 radical (unpaired) electrons. The third-order valence-electron chi connectivity index (χ3n) is 3.07. The summed E-state index contributed by atoms with van der Waals surface area (Å²) in [7, 11) is -3.24. The third kappa shape index (κ3) is 4.04. The van der Waals surface area contributed by atoms with E-state index in [1.807, 2.05) is 0 Å². The van der Waals surface area contributed by atoms with Crippen molar-refractivity contribution < 1.29 is 12.8 Å². The Hall–Kier alpha value is -0.980. The average Bonchev–Trinajstić information content (AvgIpc) is 2.26. The lowest BCUT2D eigenvalue weighted by Gasteiger charge is -2.27. The first-order chi connectivity index (χ1) is 8.55. The minimum Gasteiger partial charge on any atom is -0.314 e. The Kier molecular flexibility index (Phi) is 4.31. The summed E-state index contributed by atoms with van der Waals surface area (Å²) in [5.41, 5.74) is 0.752. The van der Waals surface area contributed by atoms with Gasteiger partial charge in [0.05, 0.1) is 5.75 Å². The molecule has 1 aliphatic heterocycles. The van der Waals surface area contributed by atoms with E-state index in [1.54, 1.807) is 12.1 Å². The van der Waals surface area contributed by atoms with E-state index >= 15 is 0 Å². The lowest BCUT2D eigenvalue weighted by Crippen LogP contribution is -2.44. The molecule has 1 fully saturated rings. The quantitative estimate of drug-likeness (QED) is 0.812. The summed E-state index contributed by atoms with van der Waals surface area (Å²) >= 11 is 0. The maximum absolute atomic E-state index is 12.7. The van der Waals surface area contributed by atoms with Crippen molar-refractivity contribution in [3.63, 3.8) is 0 Å². The third-order valence-corrected chi connectivity index (χ3v) is 4.43. The van der Waals surface area contributed by atoms with Crippen LogP contribution in [0.25, 0.3) is 0 Å². The summed E-state index contributed by atoms with van der Waals surface area (Å²) in [6, 6.07) is 6.13. The average molecular weight is 272 g/mol. The van der Waals surface area contributed by atoms with Crippen molar-refractivity contribution in [2.24, 2.45) is 0 Å². The Labute approximate surface area is 107 Å². The number of hydrogen-bond donors (Lipinski definition) is 2. The first-order valence-electron chi connectivity index (χ1n) is 6.00. The monoisotopic (exact) mass is 272 g/mol. The van der Waals surface area contributed by atoms with Crippen LogP contribution in [0.15, 0.2) is 24.3 Å². The summed E-state index contributed by atoms with van der Waals surface area (Å²) in [6.07, 6.45) is 1.69. The van der Waals surface area contributed by atoms with Gasteiger partial charge in [0.15, 0.2) is 0 Å². The largest absolute Gasteiger partial charge is 0.314 e. The highest BCUT2D eigenvalue weighted by Crippen LogP contribution is 2.08. The molecule has 18 heavy (non-hydrogen) atoms. The minimum absolute atomic E-state index is 0.131. The Morgan fingerprint density at radius 3 is 2.56 bits per heavy atom. The molecule has 1 aliphatic rings. The predicted molar refractivity (Wildman–Crippen MR) is 68.1 cm³/mol. The molecular formula is C12H17FN2O2S. The van der Waals surface area contributed by atoms with Crippen LogP contribution in [0.3, 0.4) is 0 Å². The van der Waals surface area contributed by atoms with Crippen LogP contribution in [0, 0.1) is 5.82 Å². The Morgan fingerprint density at radius 1 is 1.33 bits per heavy atom. The van der Waals surface area contributed by atoms with Gasteiger partial charge < -0.3 is 5.32 Å². The smallest absolute Gasteiger partial charge is 0.211 e. The minimum atomic E-state index is -3.24. The molecule has 0 aromatic heterocycles. The van der Waals surface area contributed by atoms with Crippen molar-refractivity contribution in [1.29, 1.82) is 0 Å². The molecule has 4 nitrogen and oxygen atoms in total. The molecule has 1 aromatic rings. The van der Waals surface area contributed by atoms with Crippen molar-refractivity contribution in [2.75, 3.05) is 12.3 Å². The van der Waals surface area contributed by atoms with E-state index in [0.29, 0.717) is 12.5 Å². The fourth-order valence-electron chi connectivity index (χ4n) is 1.76. The first kappa shape index (κ1) is 13.5. The fourth-order valence-corrected chi connectivity index (χ4v) is 2.89. The second kappa shape index (κ2) is 5.77. The summed E-state index contributed by atoms with van der Waals surface area (Å²) in [6.45, 7) is 1.19. The summed E-state index contributed by atoms with van der Waals surface area (Å²) in [5, 5.41) is 3.16. The number of sulfonamides is 1. The molecule has 1 saturated heterocycles. The molecule has 1 unspecified atom stereocenters. The van der Waals surface area contributed by atoms with Gasteiger partial charge in [-0.1, -0.05) is 12.1 Å². The van der Waals surface area contributed by atoms with Gasteiger partial charge in [-0.2, -0.15) is 0 Å². The topological polar surface area (TPSA) is 58.2 Å². The molecule has 1 aromatic carbocycles. The van der Waals surface area contributed by atoms with Crippen LogP contribution in [0.2, 0.25) is 0 Å². The molecule has 0 amide bonds. The summed E-state index contributed by atoms with van der Waals surface area (Å²) in [4.78, 5) is 0. The van der Waals surface area contributed by atoms with E-state index in [1.165, 1.54) is 12.1 Å². The van der Waals surface area contributed by atoms with E-state index in [9.17, 15) is 12.8 Å². The van der Waals surface area contributed by atoms with Crippen molar-refractivity contribution in [1.82, 2.24) is 10.0 Å². The molecule has 6 heteroatoms. The Morgan fingerprint density at radius 2 is 2.00 bits per heavy atom. The highest BCUT2D eigenvalue weighted by molar-refractivity contribution is 7.89. The number of halogens is 1. The van der Waals surface area contributed by atoms with Gasteiger partial charge in [-0.05, 0) is 37.1 Å². The normalized spacial score (nSPS) is 19.5. The van der Waals surface area contributed by atoms with E-state index in [0.717, 1.165) is 18.5 Å². The second-order valence-electron chi connectivity index (χ2n) is 4.49. The highest BCUT2D eigenvalue weighted by atomic mass is 32.2. The zero-order chi connectivity index (χ0) is 13.0. The molecule has 0 saturated carbocycles. The van der Waals surface area contributed by atoms with Crippen molar-refractivity contribution >= 4 is 10.0 Å². The van der Waals surface area contributed by atoms with Crippen LogP contribution in [-0.4, -0.2) is 26.8 Å². The van der Waals surface area contributed by atoms with Gasteiger partial charge in [-0.25, -0.2) is 17.5 Å². The van der Waals surface area contributed by atoms with Crippen LogP contribution >= 0.6 is 0 Å². The van der Waals surface area contributed by atoms with Crippen molar-refractivity contribution in [3.05, 3.63) is 35.6 Å². The van der Waals surface area contributed by atoms with Gasteiger partial charge in [-0.15, -0.1) is 0 Å². The van der Waals surface area contributed by atoms with Crippen LogP contribution in [0.5, 0.6) is 0 Å². The standard InChI is InChI=1S/C12H17FN2O2S/c13-11-3-1-10(2-4-11)9-15-18(16,17)8-6-12-5-7-14-12/h1-4,12,14-15H,5-9H2. The number of nitrogens with one attached hydrogen (secondary N) is 2. The van der Waals surface area contributed by atoms with Crippen LogP contribution in [-0.2, 0) is 16.6 Å². The molecular weight excluding hydrogens is 255 g/mol. The van der Waals surface area contributed by atoms with E-state index in [4.69, 9.17) is 0 Å². The van der Waals surface area contributed by atoms with Crippen LogP contribution in [0.4, 0.5) is 4.39 Å². The second-order valence-corrected chi connectivity index (χ2v) is 6.42. The van der Waals surface area contributed by atoms with E-state index in [2.05, 4.69) is 10.0 Å². The number of hydrogen-bond acceptors (Lipinski definition) is 3. The van der Waals surface area contributed by atoms with Gasteiger partial charge in [0.25, 0.3) is 0 Å². The van der Waals surface area contributed by atoms with Gasteiger partial charge >= 0.3 is 0 Å². The SMILES string of the molecule is O=S(=O)(CCC1CCN1)NCc1ccc(F)cc1. The fraction of sp³-hybridized carbons (Fsp3) is 0.500. The zero-order valence-corrected chi connectivity index (χ0v) is 10.8. The maximum Gasteiger partial charge on any atom is 0.211 e. The molecule has 0 aliphatic carbocycles. The van der Waals surface area contributed by atoms with Gasteiger partial charge in [0, 0.05) is 12.6 Å². The molecule has 1 atom stereocenters. The lowest BCUT2D eigenvalue weighted by atomic mass is 10.1. The van der Waals surface area contributed by atoms with Crippen molar-refractivity contribution in [2.45, 2.75) is 25.4 Å². The van der Waals surface area contributed by atoms with E-state index in [-0.39, 0.29) is 18.1 Å². The van der Waals surface area contributed by atoms with Gasteiger partial charge in [0.1, 0.15) is 5.82 Å². The Bertz CT molecular complexity index is 483. The molecule has 1 heterocycles. The Balaban J connectivity index is 1.78. The maximum atomic E-state index is 12.7. The predicted octanol–water partition coefficient (Wildman–Crippen LogP) is 0.997. The van der Waals surface area contributed by atoms with Crippen LogP contribution < -0.4 is 10.0 Å². The zero-order valence-electron chi connectivity index (χ0n) is 10.0. The van der Waals surface area contributed by atoms with Gasteiger partial charge in [0.2, 0.25) is 10.0 Å². The molecule has 2 rings (SSSR count). The number of benzene rings is 1. The molecule has 100 valence electrons. The van der Waals surface area contributed by atoms with E-state index < -0.39 is 10.0 Å². The number of rotatable bonds is 6. The van der Waals surface area contributed by atoms with Crippen LogP contribution in [0.1, 0.15) is 18.4 Å². The summed E-state index contributed by atoms with van der Waals surface area (Å²) in [5.74, 6) is -0.191.